The van der Waals surface area contributed by atoms with Crippen LogP contribution in [-0.4, -0.2) is 19.5 Å². The number of rotatable bonds is 4. The third kappa shape index (κ3) is 2.71. The summed E-state index contributed by atoms with van der Waals surface area (Å²) in [6.45, 7) is 4.58. The molecule has 0 fully saturated rings. The summed E-state index contributed by atoms with van der Waals surface area (Å²) in [5, 5.41) is 6.20. The molecule has 1 aromatic heterocycles. The third-order valence-electron chi connectivity index (χ3n) is 3.48. The molecule has 18 heavy (non-hydrogen) atoms. The maximum atomic E-state index is 11.7. The molecule has 1 aliphatic carbocycles. The van der Waals surface area contributed by atoms with E-state index in [9.17, 15) is 4.79 Å². The highest BCUT2D eigenvalue weighted by Crippen LogP contribution is 2.39. The number of carbonyl (C=O) groups is 1. The second-order valence-electron chi connectivity index (χ2n) is 5.36. The zero-order valence-corrected chi connectivity index (χ0v) is 12.5. The number of hydrogen-bond donors (Lipinski definition) is 2. The van der Waals surface area contributed by atoms with Crippen LogP contribution in [0.4, 0.5) is 0 Å². The molecule has 0 aliphatic heterocycles. The number of nitrogens with one attached hydrogen (secondary N) is 2. The van der Waals surface area contributed by atoms with Crippen LogP contribution in [0.2, 0.25) is 4.34 Å². The lowest BCUT2D eigenvalue weighted by molar-refractivity contribution is -0.128. The fraction of sp³-hybridized carbons (Fsp3) is 0.615. The monoisotopic (exact) mass is 286 g/mol. The summed E-state index contributed by atoms with van der Waals surface area (Å²) >= 11 is 7.70. The molecule has 0 aromatic carbocycles. The van der Waals surface area contributed by atoms with Gasteiger partial charge in [0.15, 0.2) is 0 Å². The van der Waals surface area contributed by atoms with Crippen LogP contribution in [0.1, 0.15) is 36.8 Å². The van der Waals surface area contributed by atoms with Crippen LogP contribution in [0.15, 0.2) is 6.07 Å². The molecule has 2 rings (SSSR count). The van der Waals surface area contributed by atoms with E-state index in [0.717, 1.165) is 17.2 Å². The molecular formula is C13H19ClN2OS. The van der Waals surface area contributed by atoms with E-state index in [1.165, 1.54) is 10.4 Å². The minimum absolute atomic E-state index is 0.0663. The van der Waals surface area contributed by atoms with Gasteiger partial charge in [-0.25, -0.2) is 0 Å². The first-order valence-corrected chi connectivity index (χ1v) is 7.37. The molecule has 1 atom stereocenters. The Morgan fingerprint density at radius 2 is 2.33 bits per heavy atom. The molecule has 1 heterocycles. The molecule has 0 radical (unpaired) electrons. The predicted molar refractivity (Wildman–Crippen MR) is 76.2 cm³/mol. The fourth-order valence-corrected chi connectivity index (χ4v) is 3.70. The van der Waals surface area contributed by atoms with E-state index >= 15 is 0 Å². The van der Waals surface area contributed by atoms with Crippen molar-refractivity contribution >= 4 is 28.8 Å². The van der Waals surface area contributed by atoms with Gasteiger partial charge < -0.3 is 10.6 Å². The van der Waals surface area contributed by atoms with E-state index in [1.807, 2.05) is 13.8 Å². The highest BCUT2D eigenvalue weighted by atomic mass is 35.5. The second kappa shape index (κ2) is 5.19. The molecule has 3 nitrogen and oxygen atoms in total. The van der Waals surface area contributed by atoms with E-state index in [-0.39, 0.29) is 5.91 Å². The van der Waals surface area contributed by atoms with Crippen molar-refractivity contribution < 1.29 is 4.79 Å². The summed E-state index contributed by atoms with van der Waals surface area (Å²) in [7, 11) is 1.68. The van der Waals surface area contributed by atoms with Gasteiger partial charge in [0, 0.05) is 24.5 Å². The Bertz CT molecular complexity index is 456. The Labute approximate surface area is 117 Å². The Kier molecular flexibility index (Phi) is 3.99. The van der Waals surface area contributed by atoms with Crippen LogP contribution >= 0.6 is 22.9 Å². The second-order valence-corrected chi connectivity index (χ2v) is 7.13. The van der Waals surface area contributed by atoms with E-state index in [1.54, 1.807) is 18.4 Å². The molecule has 1 aliphatic rings. The first kappa shape index (κ1) is 13.8. The SMILES string of the molecule is CNC(=O)C(C)(C)CNC1CCc2sc(Cl)cc21. The summed E-state index contributed by atoms with van der Waals surface area (Å²) in [6.07, 6.45) is 2.19. The minimum Gasteiger partial charge on any atom is -0.359 e. The lowest BCUT2D eigenvalue weighted by Crippen LogP contribution is -2.42. The van der Waals surface area contributed by atoms with Gasteiger partial charge in [0.05, 0.1) is 9.75 Å². The zero-order valence-electron chi connectivity index (χ0n) is 11.0. The molecule has 1 unspecified atom stereocenters. The highest BCUT2D eigenvalue weighted by Gasteiger charge is 2.30. The van der Waals surface area contributed by atoms with E-state index in [2.05, 4.69) is 16.7 Å². The number of halogens is 1. The van der Waals surface area contributed by atoms with Gasteiger partial charge in [-0.1, -0.05) is 11.6 Å². The fourth-order valence-electron chi connectivity index (χ4n) is 2.34. The standard InChI is InChI=1S/C13H19ClN2OS/c1-13(2,12(17)15-3)7-16-9-4-5-10-8(9)6-11(14)18-10/h6,9,16H,4-5,7H2,1-3H3,(H,15,17). The summed E-state index contributed by atoms with van der Waals surface area (Å²) in [5.74, 6) is 0.0663. The van der Waals surface area contributed by atoms with Crippen LogP contribution in [0, 0.1) is 5.41 Å². The maximum absolute atomic E-state index is 11.7. The smallest absolute Gasteiger partial charge is 0.226 e. The van der Waals surface area contributed by atoms with Crippen molar-refractivity contribution in [3.63, 3.8) is 0 Å². The largest absolute Gasteiger partial charge is 0.359 e. The van der Waals surface area contributed by atoms with Gasteiger partial charge in [-0.2, -0.15) is 0 Å². The molecule has 1 aromatic rings. The lowest BCUT2D eigenvalue weighted by atomic mass is 9.91. The van der Waals surface area contributed by atoms with Crippen LogP contribution in [-0.2, 0) is 11.2 Å². The van der Waals surface area contributed by atoms with E-state index in [4.69, 9.17) is 11.6 Å². The number of hydrogen-bond acceptors (Lipinski definition) is 3. The normalized spacial score (nSPS) is 18.8. The topological polar surface area (TPSA) is 41.1 Å². The van der Waals surface area contributed by atoms with Crippen LogP contribution < -0.4 is 10.6 Å². The average Bonchev–Trinajstić information content (AvgIpc) is 2.84. The zero-order chi connectivity index (χ0) is 13.3. The van der Waals surface area contributed by atoms with Crippen molar-refractivity contribution in [1.29, 1.82) is 0 Å². The molecule has 0 spiro atoms. The average molecular weight is 287 g/mol. The quantitative estimate of drug-likeness (QED) is 0.894. The number of thiophene rings is 1. The Morgan fingerprint density at radius 3 is 3.00 bits per heavy atom. The third-order valence-corrected chi connectivity index (χ3v) is 4.82. The minimum atomic E-state index is -0.392. The van der Waals surface area contributed by atoms with Gasteiger partial charge in [0.2, 0.25) is 5.91 Å². The van der Waals surface area contributed by atoms with Crippen LogP contribution in [0.3, 0.4) is 0 Å². The predicted octanol–water partition coefficient (Wildman–Crippen LogP) is 2.75. The van der Waals surface area contributed by atoms with Gasteiger partial charge in [0.1, 0.15) is 0 Å². The molecule has 5 heteroatoms. The number of amides is 1. The molecule has 1 amide bonds. The maximum Gasteiger partial charge on any atom is 0.226 e. The van der Waals surface area contributed by atoms with Crippen LogP contribution in [0.25, 0.3) is 0 Å². The molecule has 100 valence electrons. The van der Waals surface area contributed by atoms with Gasteiger partial charge in [-0.05, 0) is 38.3 Å². The number of aryl methyl sites for hydroxylation is 1. The lowest BCUT2D eigenvalue weighted by Gasteiger charge is -2.25. The molecular weight excluding hydrogens is 268 g/mol. The van der Waals surface area contributed by atoms with E-state index < -0.39 is 5.41 Å². The first-order valence-electron chi connectivity index (χ1n) is 6.17. The van der Waals surface area contributed by atoms with Crippen molar-refractivity contribution in [3.8, 4) is 0 Å². The van der Waals surface area contributed by atoms with Crippen molar-refractivity contribution in [2.45, 2.75) is 32.7 Å². The van der Waals surface area contributed by atoms with Gasteiger partial charge in [0.25, 0.3) is 0 Å². The van der Waals surface area contributed by atoms with Crippen molar-refractivity contribution in [3.05, 3.63) is 20.8 Å². The van der Waals surface area contributed by atoms with Gasteiger partial charge >= 0.3 is 0 Å². The number of carbonyl (C=O) groups excluding carboxylic acids is 1. The molecule has 0 saturated carbocycles. The van der Waals surface area contributed by atoms with Crippen molar-refractivity contribution in [1.82, 2.24) is 10.6 Å². The number of fused-ring (bicyclic) bond motifs is 1. The summed E-state index contributed by atoms with van der Waals surface area (Å²) in [4.78, 5) is 13.1. The van der Waals surface area contributed by atoms with E-state index in [0.29, 0.717) is 12.6 Å². The summed E-state index contributed by atoms with van der Waals surface area (Å²) in [6, 6.07) is 2.40. The molecule has 0 saturated heterocycles. The van der Waals surface area contributed by atoms with Crippen molar-refractivity contribution in [2.24, 2.45) is 5.41 Å². The van der Waals surface area contributed by atoms with Crippen molar-refractivity contribution in [2.75, 3.05) is 13.6 Å². The van der Waals surface area contributed by atoms with Crippen LogP contribution in [0.5, 0.6) is 0 Å². The summed E-state index contributed by atoms with van der Waals surface area (Å²) in [5.41, 5.74) is 0.926. The van der Waals surface area contributed by atoms with Gasteiger partial charge in [-0.15, -0.1) is 11.3 Å². The Hall–Kier alpha value is -0.580. The summed E-state index contributed by atoms with van der Waals surface area (Å²) < 4.78 is 0.858. The Balaban J connectivity index is 1.98. The molecule has 2 N–H and O–H groups in total. The van der Waals surface area contributed by atoms with Gasteiger partial charge in [-0.3, -0.25) is 4.79 Å². The Morgan fingerprint density at radius 1 is 1.61 bits per heavy atom. The first-order chi connectivity index (χ1) is 8.44. The molecule has 0 bridgehead atoms. The highest BCUT2D eigenvalue weighted by molar-refractivity contribution is 7.16.